The van der Waals surface area contributed by atoms with E-state index in [9.17, 15) is 18.0 Å². The molecule has 21 heavy (non-hydrogen) atoms. The summed E-state index contributed by atoms with van der Waals surface area (Å²) in [4.78, 5) is 11.3. The smallest absolute Gasteiger partial charge is 0.343 e. The van der Waals surface area contributed by atoms with Crippen LogP contribution in [0.15, 0.2) is 6.08 Å². The molecule has 8 heteroatoms. The van der Waals surface area contributed by atoms with E-state index in [2.05, 4.69) is 5.10 Å². The maximum absolute atomic E-state index is 12.0. The van der Waals surface area contributed by atoms with E-state index in [0.717, 1.165) is 18.9 Å². The van der Waals surface area contributed by atoms with Gasteiger partial charge in [-0.05, 0) is 19.4 Å². The van der Waals surface area contributed by atoms with E-state index in [1.807, 2.05) is 6.92 Å². The monoisotopic (exact) mass is 323 g/mol. The Bertz CT molecular complexity index is 523. The Morgan fingerprint density at radius 2 is 2.14 bits per heavy atom. The molecule has 0 saturated heterocycles. The summed E-state index contributed by atoms with van der Waals surface area (Å²) >= 11 is 6.14. The normalized spacial score (nSPS) is 12.1. The van der Waals surface area contributed by atoms with Gasteiger partial charge in [0.1, 0.15) is 11.7 Å². The van der Waals surface area contributed by atoms with Crippen molar-refractivity contribution >= 4 is 23.6 Å². The molecule has 0 radical (unpaired) electrons. The van der Waals surface area contributed by atoms with Gasteiger partial charge in [0.05, 0.1) is 5.69 Å². The summed E-state index contributed by atoms with van der Waals surface area (Å²) in [5, 5.41) is 6.36. The zero-order chi connectivity index (χ0) is 16.0. The van der Waals surface area contributed by atoms with Gasteiger partial charge in [0, 0.05) is 18.2 Å². The van der Waals surface area contributed by atoms with Crippen molar-refractivity contribution in [3.05, 3.63) is 22.5 Å². The lowest BCUT2D eigenvalue weighted by molar-refractivity contribution is -0.135. The number of aryl methyl sites for hydroxylation is 2. The SMILES string of the molecule is CCCCn1nc(C)c(C=CC(=O)NCC(F)(F)F)c1Cl. The van der Waals surface area contributed by atoms with Crippen LogP contribution < -0.4 is 5.32 Å². The van der Waals surface area contributed by atoms with Crippen molar-refractivity contribution in [1.29, 1.82) is 0 Å². The van der Waals surface area contributed by atoms with Gasteiger partial charge in [-0.2, -0.15) is 18.3 Å². The van der Waals surface area contributed by atoms with E-state index in [4.69, 9.17) is 11.6 Å². The predicted molar refractivity (Wildman–Crippen MR) is 75.0 cm³/mol. The van der Waals surface area contributed by atoms with Crippen LogP contribution in [-0.4, -0.2) is 28.4 Å². The predicted octanol–water partition coefficient (Wildman–Crippen LogP) is 3.34. The van der Waals surface area contributed by atoms with Crippen molar-refractivity contribution < 1.29 is 18.0 Å². The molecular formula is C13H17ClF3N3O. The lowest BCUT2D eigenvalue weighted by Crippen LogP contribution is -2.32. The Morgan fingerprint density at radius 1 is 1.48 bits per heavy atom. The van der Waals surface area contributed by atoms with E-state index in [0.29, 0.717) is 23.0 Å². The highest BCUT2D eigenvalue weighted by molar-refractivity contribution is 6.31. The van der Waals surface area contributed by atoms with Gasteiger partial charge in [0.25, 0.3) is 0 Å². The average Bonchev–Trinajstić information content (AvgIpc) is 2.66. The van der Waals surface area contributed by atoms with Gasteiger partial charge < -0.3 is 5.32 Å². The molecule has 1 aromatic heterocycles. The van der Waals surface area contributed by atoms with Crippen molar-refractivity contribution in [2.45, 2.75) is 39.4 Å². The summed E-state index contributed by atoms with van der Waals surface area (Å²) in [7, 11) is 0. The molecule has 4 nitrogen and oxygen atoms in total. The zero-order valence-electron chi connectivity index (χ0n) is 11.8. The number of aromatic nitrogens is 2. The van der Waals surface area contributed by atoms with Crippen LogP contribution in [0.3, 0.4) is 0 Å². The fourth-order valence-electron chi connectivity index (χ4n) is 1.62. The molecule has 1 rings (SSSR count). The van der Waals surface area contributed by atoms with Crippen LogP contribution in [0.5, 0.6) is 0 Å². The van der Waals surface area contributed by atoms with Gasteiger partial charge in [-0.1, -0.05) is 24.9 Å². The number of nitrogens with zero attached hydrogens (tertiary/aromatic N) is 2. The quantitative estimate of drug-likeness (QED) is 0.816. The molecular weight excluding hydrogens is 307 g/mol. The van der Waals surface area contributed by atoms with Crippen LogP contribution >= 0.6 is 11.6 Å². The van der Waals surface area contributed by atoms with Crippen molar-refractivity contribution in [3.8, 4) is 0 Å². The third-order valence-corrected chi connectivity index (χ3v) is 3.10. The molecule has 0 aliphatic heterocycles. The second kappa shape index (κ2) is 7.49. The molecule has 0 bridgehead atoms. The second-order valence-corrected chi connectivity index (χ2v) is 4.89. The van der Waals surface area contributed by atoms with Crippen LogP contribution in [-0.2, 0) is 11.3 Å². The lowest BCUT2D eigenvalue weighted by Gasteiger charge is -2.05. The first-order valence-electron chi connectivity index (χ1n) is 6.50. The molecule has 0 atom stereocenters. The second-order valence-electron chi connectivity index (χ2n) is 4.53. The first-order chi connectivity index (χ1) is 9.74. The summed E-state index contributed by atoms with van der Waals surface area (Å²) in [6.07, 6.45) is -0.136. The summed E-state index contributed by atoms with van der Waals surface area (Å²) in [6.45, 7) is 3.06. The third-order valence-electron chi connectivity index (χ3n) is 2.70. The summed E-state index contributed by atoms with van der Waals surface area (Å²) in [6, 6.07) is 0. The van der Waals surface area contributed by atoms with Crippen LogP contribution in [0.1, 0.15) is 31.0 Å². The van der Waals surface area contributed by atoms with E-state index >= 15 is 0 Å². The number of carbonyl (C=O) groups excluding carboxylic acids is 1. The van der Waals surface area contributed by atoms with Crippen molar-refractivity contribution in [1.82, 2.24) is 15.1 Å². The third kappa shape index (κ3) is 5.79. The van der Waals surface area contributed by atoms with E-state index in [-0.39, 0.29) is 0 Å². The van der Waals surface area contributed by atoms with Gasteiger partial charge >= 0.3 is 6.18 Å². The first-order valence-corrected chi connectivity index (χ1v) is 6.88. The number of amides is 1. The minimum Gasteiger partial charge on any atom is -0.343 e. The van der Waals surface area contributed by atoms with Crippen LogP contribution in [0.2, 0.25) is 5.15 Å². The van der Waals surface area contributed by atoms with Crippen LogP contribution in [0.4, 0.5) is 13.2 Å². The van der Waals surface area contributed by atoms with Gasteiger partial charge in [-0.25, -0.2) is 0 Å². The molecule has 0 aromatic carbocycles. The highest BCUT2D eigenvalue weighted by atomic mass is 35.5. The summed E-state index contributed by atoms with van der Waals surface area (Å²) < 4.78 is 37.5. The molecule has 0 fully saturated rings. The lowest BCUT2D eigenvalue weighted by atomic mass is 10.2. The zero-order valence-corrected chi connectivity index (χ0v) is 12.6. The van der Waals surface area contributed by atoms with Crippen molar-refractivity contribution in [2.24, 2.45) is 0 Å². The maximum Gasteiger partial charge on any atom is 0.405 e. The topological polar surface area (TPSA) is 46.9 Å². The van der Waals surface area contributed by atoms with Gasteiger partial charge in [-0.3, -0.25) is 9.48 Å². The molecule has 1 aromatic rings. The molecule has 0 aliphatic carbocycles. The largest absolute Gasteiger partial charge is 0.405 e. The summed E-state index contributed by atoms with van der Waals surface area (Å²) in [5.41, 5.74) is 1.16. The van der Waals surface area contributed by atoms with Gasteiger partial charge in [0.15, 0.2) is 0 Å². The number of carbonyl (C=O) groups is 1. The Kier molecular flexibility index (Phi) is 6.26. The average molecular weight is 324 g/mol. The minimum atomic E-state index is -4.43. The summed E-state index contributed by atoms with van der Waals surface area (Å²) in [5.74, 6) is -0.830. The van der Waals surface area contributed by atoms with Gasteiger partial charge in [0.2, 0.25) is 5.91 Å². The number of unbranched alkanes of at least 4 members (excludes halogenated alkanes) is 1. The molecule has 0 aliphatic rings. The number of halogens is 4. The molecule has 0 spiro atoms. The highest BCUT2D eigenvalue weighted by Crippen LogP contribution is 2.21. The van der Waals surface area contributed by atoms with Crippen LogP contribution in [0, 0.1) is 6.92 Å². The Hall–Kier alpha value is -1.50. The van der Waals surface area contributed by atoms with Crippen molar-refractivity contribution in [3.63, 3.8) is 0 Å². The number of alkyl halides is 3. The Morgan fingerprint density at radius 3 is 2.71 bits per heavy atom. The molecule has 118 valence electrons. The van der Waals surface area contributed by atoms with E-state index < -0.39 is 18.6 Å². The minimum absolute atomic E-state index is 0.376. The van der Waals surface area contributed by atoms with Crippen LogP contribution in [0.25, 0.3) is 6.08 Å². The number of rotatable bonds is 6. The first kappa shape index (κ1) is 17.6. The maximum atomic E-state index is 12.0. The fourth-order valence-corrected chi connectivity index (χ4v) is 1.94. The Balaban J connectivity index is 2.71. The number of nitrogens with one attached hydrogen (secondary N) is 1. The van der Waals surface area contributed by atoms with Gasteiger partial charge in [-0.15, -0.1) is 0 Å². The standard InChI is InChI=1S/C13H17ClF3N3O/c1-3-4-7-20-12(14)10(9(2)19-20)5-6-11(21)18-8-13(15,16)17/h5-6H,3-4,7-8H2,1-2H3,(H,18,21). The number of hydrogen-bond acceptors (Lipinski definition) is 2. The molecule has 1 N–H and O–H groups in total. The Labute approximate surface area is 126 Å². The molecule has 0 unspecified atom stereocenters. The molecule has 0 saturated carbocycles. The van der Waals surface area contributed by atoms with Crippen molar-refractivity contribution in [2.75, 3.05) is 6.54 Å². The fraction of sp³-hybridized carbons (Fsp3) is 0.538. The van der Waals surface area contributed by atoms with E-state index in [1.54, 1.807) is 16.9 Å². The highest BCUT2D eigenvalue weighted by Gasteiger charge is 2.27. The molecule has 1 heterocycles. The number of hydrogen-bond donors (Lipinski definition) is 1. The van der Waals surface area contributed by atoms with E-state index in [1.165, 1.54) is 6.08 Å². The molecule has 1 amide bonds.